The van der Waals surface area contributed by atoms with E-state index in [1.54, 1.807) is 12.1 Å². The Bertz CT molecular complexity index is 1460. The van der Waals surface area contributed by atoms with Gasteiger partial charge in [0.25, 0.3) is 0 Å². The van der Waals surface area contributed by atoms with Gasteiger partial charge in [-0.15, -0.1) is 0 Å². The monoisotopic (exact) mass is 326 g/mol. The van der Waals surface area contributed by atoms with E-state index in [4.69, 9.17) is 9.40 Å². The molecule has 0 saturated carbocycles. The van der Waals surface area contributed by atoms with Crippen LogP contribution in [0.4, 0.5) is 4.39 Å². The smallest absolute Gasteiger partial charge is 0.233 e. The van der Waals surface area contributed by atoms with Crippen LogP contribution in [0.15, 0.2) is 71.1 Å². The topological polar surface area (TPSA) is 30.4 Å². The van der Waals surface area contributed by atoms with Gasteiger partial charge in [0.15, 0.2) is 0 Å². The number of hydrogen-bond acceptors (Lipinski definition) is 2. The van der Waals surface area contributed by atoms with Crippen LogP contribution in [0.2, 0.25) is 0 Å². The van der Waals surface area contributed by atoms with Crippen LogP contribution in [0.1, 0.15) is 0 Å². The number of fused-ring (bicyclic) bond motifs is 10. The summed E-state index contributed by atoms with van der Waals surface area (Å²) in [5.74, 6) is -0.248. The van der Waals surface area contributed by atoms with Gasteiger partial charge in [-0.3, -0.25) is 4.40 Å². The number of halogens is 1. The Hall–Kier alpha value is -3.40. The van der Waals surface area contributed by atoms with Gasteiger partial charge < -0.3 is 4.42 Å². The number of nitrogens with zero attached hydrogens (tertiary/aromatic N) is 2. The van der Waals surface area contributed by atoms with Crippen LogP contribution in [0.25, 0.3) is 49.5 Å². The Morgan fingerprint density at radius 1 is 0.800 bits per heavy atom. The highest BCUT2D eigenvalue weighted by atomic mass is 19.1. The molecule has 3 nitrogen and oxygen atoms in total. The van der Waals surface area contributed by atoms with E-state index in [0.29, 0.717) is 0 Å². The molecule has 3 aromatic heterocycles. The fourth-order valence-corrected chi connectivity index (χ4v) is 3.77. The molecule has 0 N–H and O–H groups in total. The molecular weight excluding hydrogens is 315 g/mol. The molecule has 0 bridgehead atoms. The van der Waals surface area contributed by atoms with E-state index in [2.05, 4.69) is 0 Å². The largest absolute Gasteiger partial charge is 0.437 e. The summed E-state index contributed by atoms with van der Waals surface area (Å²) in [7, 11) is 0. The van der Waals surface area contributed by atoms with Crippen LogP contribution in [0.3, 0.4) is 0 Å². The van der Waals surface area contributed by atoms with E-state index < -0.39 is 0 Å². The van der Waals surface area contributed by atoms with Crippen molar-refractivity contribution in [2.24, 2.45) is 0 Å². The molecule has 3 aromatic carbocycles. The van der Waals surface area contributed by atoms with E-state index in [1.165, 1.54) is 6.07 Å². The van der Waals surface area contributed by atoms with Crippen molar-refractivity contribution in [1.29, 1.82) is 0 Å². The molecule has 0 fully saturated rings. The molecule has 0 saturated heterocycles. The van der Waals surface area contributed by atoms with Crippen molar-refractivity contribution >= 4 is 49.5 Å². The zero-order chi connectivity index (χ0) is 16.5. The molecule has 0 aliphatic carbocycles. The van der Waals surface area contributed by atoms with Gasteiger partial charge >= 0.3 is 0 Å². The minimum absolute atomic E-state index is 0.248. The number of pyridine rings is 1. The average Bonchev–Trinajstić information content (AvgIpc) is 3.18. The molecule has 118 valence electrons. The molecule has 0 aliphatic rings. The second kappa shape index (κ2) is 4.36. The molecule has 0 unspecified atom stereocenters. The Labute approximate surface area is 140 Å². The zero-order valence-corrected chi connectivity index (χ0v) is 13.0. The summed E-state index contributed by atoms with van der Waals surface area (Å²) in [4.78, 5) is 4.86. The van der Waals surface area contributed by atoms with Crippen molar-refractivity contribution in [2.45, 2.75) is 0 Å². The summed E-state index contributed by atoms with van der Waals surface area (Å²) >= 11 is 0. The van der Waals surface area contributed by atoms with Crippen molar-refractivity contribution in [2.75, 3.05) is 0 Å². The first-order valence-electron chi connectivity index (χ1n) is 8.11. The summed E-state index contributed by atoms with van der Waals surface area (Å²) in [6, 6.07) is 20.7. The SMILES string of the molecule is Fc1ccc2c(c1)c1ccccc1n1c2nc2c3ccccc3oc21. The van der Waals surface area contributed by atoms with Gasteiger partial charge in [-0.1, -0.05) is 30.3 Å². The van der Waals surface area contributed by atoms with E-state index >= 15 is 0 Å². The second-order valence-corrected chi connectivity index (χ2v) is 6.23. The van der Waals surface area contributed by atoms with Crippen LogP contribution >= 0.6 is 0 Å². The number of imidazole rings is 1. The summed E-state index contributed by atoms with van der Waals surface area (Å²) in [6.07, 6.45) is 0. The maximum atomic E-state index is 13.9. The fourth-order valence-electron chi connectivity index (χ4n) is 3.77. The number of rotatable bonds is 0. The highest BCUT2D eigenvalue weighted by molar-refractivity contribution is 6.15. The van der Waals surface area contributed by atoms with Gasteiger partial charge in [0.1, 0.15) is 22.6 Å². The van der Waals surface area contributed by atoms with Crippen LogP contribution in [0.5, 0.6) is 0 Å². The van der Waals surface area contributed by atoms with E-state index in [9.17, 15) is 4.39 Å². The number of benzene rings is 3. The predicted molar refractivity (Wildman–Crippen MR) is 97.4 cm³/mol. The third-order valence-electron chi connectivity index (χ3n) is 4.84. The van der Waals surface area contributed by atoms with Crippen molar-refractivity contribution in [3.05, 3.63) is 72.5 Å². The quantitative estimate of drug-likeness (QED) is 0.336. The molecule has 0 amide bonds. The molecule has 6 rings (SSSR count). The van der Waals surface area contributed by atoms with Crippen molar-refractivity contribution in [3.63, 3.8) is 0 Å². The Morgan fingerprint density at radius 2 is 1.60 bits per heavy atom. The summed E-state index contributed by atoms with van der Waals surface area (Å²) < 4.78 is 22.0. The molecule has 0 aliphatic heterocycles. The van der Waals surface area contributed by atoms with Crippen LogP contribution < -0.4 is 0 Å². The predicted octanol–water partition coefficient (Wildman–Crippen LogP) is 5.68. The molecule has 0 spiro atoms. The van der Waals surface area contributed by atoms with Gasteiger partial charge in [-0.25, -0.2) is 9.37 Å². The van der Waals surface area contributed by atoms with Crippen LogP contribution in [-0.4, -0.2) is 9.38 Å². The highest BCUT2D eigenvalue weighted by Crippen LogP contribution is 2.35. The first kappa shape index (κ1) is 13.0. The lowest BCUT2D eigenvalue weighted by atomic mass is 10.1. The van der Waals surface area contributed by atoms with Gasteiger partial charge in [0.05, 0.1) is 5.52 Å². The summed E-state index contributed by atoms with van der Waals surface area (Å²) in [5, 5.41) is 3.74. The van der Waals surface area contributed by atoms with Crippen molar-refractivity contribution in [1.82, 2.24) is 9.38 Å². The van der Waals surface area contributed by atoms with Crippen molar-refractivity contribution < 1.29 is 8.81 Å². The lowest BCUT2D eigenvalue weighted by Crippen LogP contribution is -1.91. The molecule has 6 aromatic rings. The minimum Gasteiger partial charge on any atom is -0.437 e. The van der Waals surface area contributed by atoms with Gasteiger partial charge in [-0.2, -0.15) is 0 Å². The third kappa shape index (κ3) is 1.56. The zero-order valence-electron chi connectivity index (χ0n) is 13.0. The molecule has 0 atom stereocenters. The summed E-state index contributed by atoms with van der Waals surface area (Å²) in [6.45, 7) is 0. The van der Waals surface area contributed by atoms with E-state index in [1.807, 2.05) is 52.9 Å². The molecule has 25 heavy (non-hydrogen) atoms. The minimum atomic E-state index is -0.248. The fraction of sp³-hybridized carbons (Fsp3) is 0. The second-order valence-electron chi connectivity index (χ2n) is 6.23. The normalized spacial score (nSPS) is 12.2. The Kier molecular flexibility index (Phi) is 2.26. The standard InChI is InChI=1S/C21H11FN2O/c22-12-9-10-14-16(11-12)13-5-1-3-7-17(13)24-20(14)23-19-15-6-2-4-8-18(15)25-21(19)24/h1-11H. The lowest BCUT2D eigenvalue weighted by Gasteiger charge is -2.08. The number of furan rings is 1. The van der Waals surface area contributed by atoms with Gasteiger partial charge in [0, 0.05) is 16.2 Å². The highest BCUT2D eigenvalue weighted by Gasteiger charge is 2.18. The maximum absolute atomic E-state index is 13.9. The third-order valence-corrected chi connectivity index (χ3v) is 4.84. The first-order valence-corrected chi connectivity index (χ1v) is 8.11. The number of hydrogen-bond donors (Lipinski definition) is 0. The van der Waals surface area contributed by atoms with Crippen LogP contribution in [0, 0.1) is 5.82 Å². The van der Waals surface area contributed by atoms with Crippen LogP contribution in [-0.2, 0) is 0 Å². The maximum Gasteiger partial charge on any atom is 0.233 e. The van der Waals surface area contributed by atoms with Gasteiger partial charge in [0.2, 0.25) is 5.71 Å². The number of para-hydroxylation sites is 2. The lowest BCUT2D eigenvalue weighted by molar-refractivity contribution is 0.630. The summed E-state index contributed by atoms with van der Waals surface area (Å²) in [5.41, 5.74) is 4.11. The average molecular weight is 326 g/mol. The van der Waals surface area contributed by atoms with E-state index in [0.717, 1.165) is 49.5 Å². The molecular formula is C21H11FN2O. The molecule has 3 heterocycles. The Balaban J connectivity index is 2.00. The Morgan fingerprint density at radius 3 is 2.52 bits per heavy atom. The number of aromatic nitrogens is 2. The van der Waals surface area contributed by atoms with E-state index in [-0.39, 0.29) is 5.82 Å². The molecule has 4 heteroatoms. The van der Waals surface area contributed by atoms with Crippen molar-refractivity contribution in [3.8, 4) is 0 Å². The van der Waals surface area contributed by atoms with Gasteiger partial charge in [-0.05, 0) is 41.8 Å². The molecule has 0 radical (unpaired) electrons. The first-order chi connectivity index (χ1) is 12.3.